The number of nitrogens with one attached hydrogen (secondary N) is 2. The molecule has 2 aliphatic heterocycles. The van der Waals surface area contributed by atoms with E-state index in [2.05, 4.69) is 10.6 Å². The smallest absolute Gasteiger partial charge is 0.325 e. The molecular weight excluding hydrogens is 402 g/mol. The van der Waals surface area contributed by atoms with E-state index < -0.39 is 12.1 Å². The highest BCUT2D eigenvalue weighted by Gasteiger charge is 2.37. The first kappa shape index (κ1) is 20.5. The summed E-state index contributed by atoms with van der Waals surface area (Å²) in [6.45, 7) is 0.702. The third kappa shape index (κ3) is 4.71. The minimum absolute atomic E-state index is 0.123. The molecule has 0 bridgehead atoms. The highest BCUT2D eigenvalue weighted by Crippen LogP contribution is 2.32. The van der Waals surface area contributed by atoms with Crippen molar-refractivity contribution < 1.29 is 28.6 Å². The molecule has 2 heterocycles. The molecule has 9 heteroatoms. The Kier molecular flexibility index (Phi) is 5.92. The second-order valence-electron chi connectivity index (χ2n) is 7.28. The first-order chi connectivity index (χ1) is 15.0. The monoisotopic (exact) mass is 425 g/mol. The minimum atomic E-state index is -0.706. The van der Waals surface area contributed by atoms with Crippen LogP contribution >= 0.6 is 0 Å². The molecule has 0 spiro atoms. The SMILES string of the molecule is COc1ccc(CN2C(=O)N[C@@H](CCC(=O)NCc3ccc4c(c3)OCO4)C2=O)cc1. The summed E-state index contributed by atoms with van der Waals surface area (Å²) in [7, 11) is 1.57. The average Bonchev–Trinajstić information content (AvgIpc) is 3.36. The number of benzene rings is 2. The van der Waals surface area contributed by atoms with Crippen molar-refractivity contribution in [3.63, 3.8) is 0 Å². The maximum absolute atomic E-state index is 12.6. The molecule has 4 amide bonds. The number of hydrogen-bond acceptors (Lipinski definition) is 6. The van der Waals surface area contributed by atoms with Crippen LogP contribution in [-0.2, 0) is 22.7 Å². The summed E-state index contributed by atoms with van der Waals surface area (Å²) in [6, 6.07) is 11.5. The van der Waals surface area contributed by atoms with Crippen molar-refractivity contribution in [1.82, 2.24) is 15.5 Å². The van der Waals surface area contributed by atoms with Crippen LogP contribution in [0.2, 0.25) is 0 Å². The van der Waals surface area contributed by atoms with Gasteiger partial charge in [0.05, 0.1) is 13.7 Å². The van der Waals surface area contributed by atoms with Gasteiger partial charge in [-0.1, -0.05) is 18.2 Å². The summed E-state index contributed by atoms with van der Waals surface area (Å²) in [5, 5.41) is 5.47. The molecule has 162 valence electrons. The normalized spacial score (nSPS) is 16.9. The summed E-state index contributed by atoms with van der Waals surface area (Å²) < 4.78 is 15.7. The van der Waals surface area contributed by atoms with Gasteiger partial charge in [0.1, 0.15) is 11.8 Å². The van der Waals surface area contributed by atoms with E-state index in [1.54, 1.807) is 37.4 Å². The molecule has 1 fully saturated rings. The Morgan fingerprint density at radius 2 is 1.87 bits per heavy atom. The zero-order valence-corrected chi connectivity index (χ0v) is 17.1. The van der Waals surface area contributed by atoms with E-state index in [-0.39, 0.29) is 38.0 Å². The number of nitrogens with zero attached hydrogens (tertiary/aromatic N) is 1. The molecule has 0 aromatic heterocycles. The minimum Gasteiger partial charge on any atom is -0.497 e. The Balaban J connectivity index is 1.25. The van der Waals surface area contributed by atoms with E-state index >= 15 is 0 Å². The molecule has 0 unspecified atom stereocenters. The second kappa shape index (κ2) is 8.95. The van der Waals surface area contributed by atoms with Crippen molar-refractivity contribution in [2.45, 2.75) is 32.0 Å². The fourth-order valence-corrected chi connectivity index (χ4v) is 3.45. The molecule has 1 saturated heterocycles. The number of urea groups is 1. The van der Waals surface area contributed by atoms with Gasteiger partial charge in [-0.3, -0.25) is 14.5 Å². The number of carbonyl (C=O) groups is 3. The average molecular weight is 425 g/mol. The Morgan fingerprint density at radius 3 is 2.65 bits per heavy atom. The van der Waals surface area contributed by atoms with Crippen molar-refractivity contribution in [3.8, 4) is 17.2 Å². The number of rotatable bonds is 8. The topological polar surface area (TPSA) is 106 Å². The maximum Gasteiger partial charge on any atom is 0.325 e. The largest absolute Gasteiger partial charge is 0.497 e. The van der Waals surface area contributed by atoms with Crippen LogP contribution in [0.25, 0.3) is 0 Å². The first-order valence-electron chi connectivity index (χ1n) is 9.93. The van der Waals surface area contributed by atoms with E-state index in [0.29, 0.717) is 23.8 Å². The Hall–Kier alpha value is -3.75. The van der Waals surface area contributed by atoms with Crippen molar-refractivity contribution in [2.75, 3.05) is 13.9 Å². The molecular formula is C22H23N3O6. The lowest BCUT2D eigenvalue weighted by Crippen LogP contribution is -2.32. The highest BCUT2D eigenvalue weighted by atomic mass is 16.7. The van der Waals surface area contributed by atoms with Crippen LogP contribution in [0.1, 0.15) is 24.0 Å². The summed E-state index contributed by atoms with van der Waals surface area (Å²) in [4.78, 5) is 38.2. The molecule has 4 rings (SSSR count). The number of amides is 4. The van der Waals surface area contributed by atoms with E-state index in [0.717, 1.165) is 16.0 Å². The molecule has 2 N–H and O–H groups in total. The van der Waals surface area contributed by atoms with E-state index in [1.807, 2.05) is 12.1 Å². The zero-order chi connectivity index (χ0) is 21.8. The summed E-state index contributed by atoms with van der Waals surface area (Å²) >= 11 is 0. The van der Waals surface area contributed by atoms with Gasteiger partial charge in [-0.15, -0.1) is 0 Å². The second-order valence-corrected chi connectivity index (χ2v) is 7.28. The van der Waals surface area contributed by atoms with Gasteiger partial charge in [-0.05, 0) is 41.8 Å². The molecule has 9 nitrogen and oxygen atoms in total. The molecule has 2 aliphatic rings. The standard InChI is InChI=1S/C22H23N3O6/c1-29-16-5-2-14(3-6-16)12-25-21(27)17(24-22(25)28)7-9-20(26)23-11-15-4-8-18-19(10-15)31-13-30-18/h2-6,8,10,17H,7,9,11-13H2,1H3,(H,23,26)(H,24,28)/t17-/m0/s1. The van der Waals surface area contributed by atoms with Crippen LogP contribution in [0.5, 0.6) is 17.2 Å². The zero-order valence-electron chi connectivity index (χ0n) is 17.1. The molecule has 0 radical (unpaired) electrons. The molecule has 2 aromatic carbocycles. The summed E-state index contributed by atoms with van der Waals surface area (Å²) in [5.74, 6) is 1.51. The molecule has 1 atom stereocenters. The van der Waals surface area contributed by atoms with Crippen molar-refractivity contribution in [1.29, 1.82) is 0 Å². The van der Waals surface area contributed by atoms with Crippen LogP contribution in [-0.4, -0.2) is 42.7 Å². The lowest BCUT2D eigenvalue weighted by molar-refractivity contribution is -0.128. The van der Waals surface area contributed by atoms with Crippen molar-refractivity contribution in [2.24, 2.45) is 0 Å². The highest BCUT2D eigenvalue weighted by molar-refractivity contribution is 6.04. The lowest BCUT2D eigenvalue weighted by atomic mass is 10.1. The van der Waals surface area contributed by atoms with Crippen LogP contribution in [0.3, 0.4) is 0 Å². The Morgan fingerprint density at radius 1 is 1.13 bits per heavy atom. The first-order valence-corrected chi connectivity index (χ1v) is 9.93. The molecule has 2 aromatic rings. The number of fused-ring (bicyclic) bond motifs is 1. The van der Waals surface area contributed by atoms with Gasteiger partial charge < -0.3 is 24.8 Å². The quantitative estimate of drug-likeness (QED) is 0.626. The Bertz CT molecular complexity index is 991. The van der Waals surface area contributed by atoms with Crippen LogP contribution in [0.15, 0.2) is 42.5 Å². The van der Waals surface area contributed by atoms with Gasteiger partial charge in [0.15, 0.2) is 11.5 Å². The van der Waals surface area contributed by atoms with E-state index in [1.165, 1.54) is 0 Å². The van der Waals surface area contributed by atoms with Gasteiger partial charge in [-0.2, -0.15) is 0 Å². The molecule has 0 aliphatic carbocycles. The predicted octanol–water partition coefficient (Wildman–Crippen LogP) is 1.94. The third-order valence-electron chi connectivity index (χ3n) is 5.19. The van der Waals surface area contributed by atoms with Crippen LogP contribution < -0.4 is 24.8 Å². The van der Waals surface area contributed by atoms with Gasteiger partial charge in [0.2, 0.25) is 12.7 Å². The Labute approximate surface area is 179 Å². The van der Waals surface area contributed by atoms with Crippen molar-refractivity contribution >= 4 is 17.8 Å². The molecule has 31 heavy (non-hydrogen) atoms. The number of hydrogen-bond donors (Lipinski definition) is 2. The fraction of sp³-hybridized carbons (Fsp3) is 0.318. The molecule has 0 saturated carbocycles. The van der Waals surface area contributed by atoms with Gasteiger partial charge in [0.25, 0.3) is 5.91 Å². The summed E-state index contributed by atoms with van der Waals surface area (Å²) in [5.41, 5.74) is 1.69. The van der Waals surface area contributed by atoms with Gasteiger partial charge >= 0.3 is 6.03 Å². The number of imide groups is 1. The van der Waals surface area contributed by atoms with E-state index in [9.17, 15) is 14.4 Å². The predicted molar refractivity (Wildman–Crippen MR) is 110 cm³/mol. The van der Waals surface area contributed by atoms with Gasteiger partial charge in [0, 0.05) is 13.0 Å². The van der Waals surface area contributed by atoms with Gasteiger partial charge in [-0.25, -0.2) is 4.79 Å². The van der Waals surface area contributed by atoms with Crippen LogP contribution in [0.4, 0.5) is 4.79 Å². The lowest BCUT2D eigenvalue weighted by Gasteiger charge is -2.13. The van der Waals surface area contributed by atoms with E-state index in [4.69, 9.17) is 14.2 Å². The number of ether oxygens (including phenoxy) is 3. The fourth-order valence-electron chi connectivity index (χ4n) is 3.45. The third-order valence-corrected chi connectivity index (χ3v) is 5.19. The number of carbonyl (C=O) groups excluding carboxylic acids is 3. The summed E-state index contributed by atoms with van der Waals surface area (Å²) in [6.07, 6.45) is 0.355. The van der Waals surface area contributed by atoms with Crippen molar-refractivity contribution in [3.05, 3.63) is 53.6 Å². The van der Waals surface area contributed by atoms with Crippen LogP contribution in [0, 0.1) is 0 Å². The number of methoxy groups -OCH3 is 1. The maximum atomic E-state index is 12.6.